The second-order valence-electron chi connectivity index (χ2n) is 4.74. The molecule has 1 aromatic heterocycles. The summed E-state index contributed by atoms with van der Waals surface area (Å²) < 4.78 is 2.00. The molecule has 0 saturated carbocycles. The largest absolute Gasteiger partial charge is 0.317 e. The van der Waals surface area contributed by atoms with Gasteiger partial charge in [0, 0.05) is 18.8 Å². The fourth-order valence-corrected chi connectivity index (χ4v) is 2.14. The number of unbranched alkanes of at least 4 members (excludes halogenated alkanes) is 3. The van der Waals surface area contributed by atoms with E-state index < -0.39 is 0 Å². The molecule has 1 rings (SSSR count). The summed E-state index contributed by atoms with van der Waals surface area (Å²) in [6, 6.07) is 0.598. The van der Waals surface area contributed by atoms with Gasteiger partial charge in [0.25, 0.3) is 0 Å². The molecule has 0 saturated heterocycles. The van der Waals surface area contributed by atoms with Gasteiger partial charge in [0.15, 0.2) is 0 Å². The third-order valence-electron chi connectivity index (χ3n) is 3.31. The maximum Gasteiger partial charge on any atom is 0.0522 e. The van der Waals surface area contributed by atoms with Gasteiger partial charge in [-0.2, -0.15) is 5.10 Å². The molecule has 17 heavy (non-hydrogen) atoms. The normalized spacial score (nSPS) is 12.9. The zero-order chi connectivity index (χ0) is 12.5. The summed E-state index contributed by atoms with van der Waals surface area (Å²) in [7, 11) is 2.06. The van der Waals surface area contributed by atoms with Crippen LogP contribution in [0.5, 0.6) is 0 Å². The predicted molar refractivity (Wildman–Crippen MR) is 73.2 cm³/mol. The molecule has 0 bridgehead atoms. The van der Waals surface area contributed by atoms with Gasteiger partial charge >= 0.3 is 0 Å². The number of hydrogen-bond donors (Lipinski definition) is 1. The topological polar surface area (TPSA) is 29.9 Å². The van der Waals surface area contributed by atoms with E-state index in [2.05, 4.69) is 37.5 Å². The van der Waals surface area contributed by atoms with Crippen molar-refractivity contribution in [3.63, 3.8) is 0 Å². The van der Waals surface area contributed by atoms with Crippen LogP contribution in [0.15, 0.2) is 12.4 Å². The van der Waals surface area contributed by atoms with E-state index in [0.717, 1.165) is 13.0 Å². The minimum atomic E-state index is 0.598. The van der Waals surface area contributed by atoms with E-state index in [4.69, 9.17) is 0 Å². The molecule has 0 aromatic carbocycles. The van der Waals surface area contributed by atoms with Crippen molar-refractivity contribution in [1.29, 1.82) is 0 Å². The van der Waals surface area contributed by atoms with E-state index in [1.807, 2.05) is 10.9 Å². The van der Waals surface area contributed by atoms with Gasteiger partial charge in [0.1, 0.15) is 0 Å². The fourth-order valence-electron chi connectivity index (χ4n) is 2.14. The Morgan fingerprint density at radius 3 is 2.71 bits per heavy atom. The number of rotatable bonds is 9. The molecule has 0 aliphatic heterocycles. The molecule has 0 fully saturated rings. The molecule has 1 heterocycles. The Morgan fingerprint density at radius 2 is 2.12 bits per heavy atom. The molecule has 1 atom stereocenters. The summed E-state index contributed by atoms with van der Waals surface area (Å²) in [6.07, 6.45) is 11.9. The molecule has 1 aromatic rings. The van der Waals surface area contributed by atoms with Crippen LogP contribution < -0.4 is 5.32 Å². The van der Waals surface area contributed by atoms with Crippen LogP contribution >= 0.6 is 0 Å². The van der Waals surface area contributed by atoms with E-state index >= 15 is 0 Å². The first-order valence-corrected chi connectivity index (χ1v) is 6.98. The standard InChI is InChI=1S/C14H27N3/c1-4-6-7-8-9-14(15-3)10-13-11-16-17(5-2)12-13/h11-12,14-15H,4-10H2,1-3H3. The van der Waals surface area contributed by atoms with E-state index in [1.165, 1.54) is 37.7 Å². The summed E-state index contributed by atoms with van der Waals surface area (Å²) in [5, 5.41) is 7.74. The molecule has 3 heteroatoms. The lowest BCUT2D eigenvalue weighted by Crippen LogP contribution is -2.27. The number of hydrogen-bond acceptors (Lipinski definition) is 2. The highest BCUT2D eigenvalue weighted by atomic mass is 15.3. The van der Waals surface area contributed by atoms with Crippen LogP contribution in [-0.4, -0.2) is 22.9 Å². The lowest BCUT2D eigenvalue weighted by molar-refractivity contribution is 0.485. The summed E-state index contributed by atoms with van der Waals surface area (Å²) in [5.74, 6) is 0. The first-order valence-electron chi connectivity index (χ1n) is 6.98. The van der Waals surface area contributed by atoms with Gasteiger partial charge in [0.2, 0.25) is 0 Å². The second-order valence-corrected chi connectivity index (χ2v) is 4.74. The van der Waals surface area contributed by atoms with Crippen LogP contribution in [0.1, 0.15) is 51.5 Å². The highest BCUT2D eigenvalue weighted by Crippen LogP contribution is 2.10. The SMILES string of the molecule is CCCCCCC(Cc1cnn(CC)c1)NC. The first kappa shape index (κ1) is 14.2. The highest BCUT2D eigenvalue weighted by molar-refractivity contribution is 5.06. The summed E-state index contributed by atoms with van der Waals surface area (Å²) in [4.78, 5) is 0. The Hall–Kier alpha value is -0.830. The summed E-state index contributed by atoms with van der Waals surface area (Å²) >= 11 is 0. The van der Waals surface area contributed by atoms with Gasteiger partial charge in [-0.1, -0.05) is 32.6 Å². The molecule has 0 radical (unpaired) electrons. The number of nitrogens with one attached hydrogen (secondary N) is 1. The number of nitrogens with zero attached hydrogens (tertiary/aromatic N) is 2. The number of aryl methyl sites for hydroxylation is 1. The van der Waals surface area contributed by atoms with Crippen molar-refractivity contribution in [3.05, 3.63) is 18.0 Å². The van der Waals surface area contributed by atoms with Crippen LogP contribution in [0.3, 0.4) is 0 Å². The molecular weight excluding hydrogens is 210 g/mol. The molecule has 0 aliphatic rings. The van der Waals surface area contributed by atoms with Crippen molar-refractivity contribution in [2.75, 3.05) is 7.05 Å². The Morgan fingerprint density at radius 1 is 1.29 bits per heavy atom. The minimum absolute atomic E-state index is 0.598. The van der Waals surface area contributed by atoms with E-state index in [1.54, 1.807) is 0 Å². The third-order valence-corrected chi connectivity index (χ3v) is 3.31. The van der Waals surface area contributed by atoms with Crippen LogP contribution in [0.25, 0.3) is 0 Å². The molecule has 1 N–H and O–H groups in total. The lowest BCUT2D eigenvalue weighted by atomic mass is 10.0. The average Bonchev–Trinajstić information content (AvgIpc) is 2.80. The molecular formula is C14H27N3. The number of aromatic nitrogens is 2. The maximum atomic E-state index is 4.32. The van der Waals surface area contributed by atoms with Crippen LogP contribution in [-0.2, 0) is 13.0 Å². The van der Waals surface area contributed by atoms with E-state index in [9.17, 15) is 0 Å². The third kappa shape index (κ3) is 5.35. The van der Waals surface area contributed by atoms with Crippen molar-refractivity contribution in [2.45, 2.75) is 65.0 Å². The average molecular weight is 237 g/mol. The quantitative estimate of drug-likeness (QED) is 0.669. The summed E-state index contributed by atoms with van der Waals surface area (Å²) in [6.45, 7) is 5.34. The molecule has 3 nitrogen and oxygen atoms in total. The van der Waals surface area contributed by atoms with E-state index in [0.29, 0.717) is 6.04 Å². The minimum Gasteiger partial charge on any atom is -0.317 e. The maximum absolute atomic E-state index is 4.32. The lowest BCUT2D eigenvalue weighted by Gasteiger charge is -2.14. The van der Waals surface area contributed by atoms with Crippen molar-refractivity contribution >= 4 is 0 Å². The van der Waals surface area contributed by atoms with Gasteiger partial charge in [0.05, 0.1) is 6.20 Å². The van der Waals surface area contributed by atoms with Gasteiger partial charge < -0.3 is 5.32 Å². The second kappa shape index (κ2) is 8.29. The Balaban J connectivity index is 2.30. The summed E-state index contributed by atoms with van der Waals surface area (Å²) in [5.41, 5.74) is 1.35. The van der Waals surface area contributed by atoms with Gasteiger partial charge in [-0.3, -0.25) is 4.68 Å². The Labute approximate surface area is 106 Å². The van der Waals surface area contributed by atoms with Crippen molar-refractivity contribution < 1.29 is 0 Å². The molecule has 1 unspecified atom stereocenters. The van der Waals surface area contributed by atoms with E-state index in [-0.39, 0.29) is 0 Å². The van der Waals surface area contributed by atoms with Gasteiger partial charge in [-0.25, -0.2) is 0 Å². The van der Waals surface area contributed by atoms with Crippen LogP contribution in [0.2, 0.25) is 0 Å². The van der Waals surface area contributed by atoms with Crippen molar-refractivity contribution in [2.24, 2.45) is 0 Å². The molecule has 0 amide bonds. The first-order chi connectivity index (χ1) is 8.30. The Bertz CT molecular complexity index is 293. The van der Waals surface area contributed by atoms with Crippen molar-refractivity contribution in [1.82, 2.24) is 15.1 Å². The zero-order valence-corrected chi connectivity index (χ0v) is 11.6. The van der Waals surface area contributed by atoms with Crippen LogP contribution in [0.4, 0.5) is 0 Å². The van der Waals surface area contributed by atoms with Gasteiger partial charge in [-0.15, -0.1) is 0 Å². The monoisotopic (exact) mass is 237 g/mol. The predicted octanol–water partition coefficient (Wildman–Crippen LogP) is 3.00. The highest BCUT2D eigenvalue weighted by Gasteiger charge is 2.08. The zero-order valence-electron chi connectivity index (χ0n) is 11.6. The van der Waals surface area contributed by atoms with Gasteiger partial charge in [-0.05, 0) is 32.4 Å². The molecule has 0 spiro atoms. The Kier molecular flexibility index (Phi) is 6.94. The molecule has 98 valence electrons. The van der Waals surface area contributed by atoms with Crippen LogP contribution in [0, 0.1) is 0 Å². The fraction of sp³-hybridized carbons (Fsp3) is 0.786. The number of likely N-dealkylation sites (N-methyl/N-ethyl adjacent to an activating group) is 1. The molecule has 0 aliphatic carbocycles. The van der Waals surface area contributed by atoms with Crippen molar-refractivity contribution in [3.8, 4) is 0 Å². The smallest absolute Gasteiger partial charge is 0.0522 e.